The number of hydrogen-bond donors (Lipinski definition) is 1. The second-order valence-corrected chi connectivity index (χ2v) is 8.23. The lowest BCUT2D eigenvalue weighted by Gasteiger charge is -2.10. The average molecular weight is 385 g/mol. The molecule has 0 aliphatic rings. The normalized spacial score (nSPS) is 11.5. The van der Waals surface area contributed by atoms with E-state index in [1.807, 2.05) is 56.5 Å². The molecule has 0 saturated carbocycles. The van der Waals surface area contributed by atoms with Gasteiger partial charge >= 0.3 is 0 Å². The van der Waals surface area contributed by atoms with E-state index < -0.39 is 0 Å². The Hall–Kier alpha value is -2.54. The average Bonchev–Trinajstić information content (AvgIpc) is 3.30. The smallest absolute Gasteiger partial charge is 0.232 e. The molecule has 0 aliphatic heterocycles. The van der Waals surface area contributed by atoms with E-state index in [2.05, 4.69) is 20.4 Å². The zero-order valence-electron chi connectivity index (χ0n) is 15.9. The van der Waals surface area contributed by atoms with Crippen LogP contribution in [0.25, 0.3) is 10.6 Å². The van der Waals surface area contributed by atoms with Crippen LogP contribution in [0.1, 0.15) is 44.6 Å². The van der Waals surface area contributed by atoms with Crippen molar-refractivity contribution in [1.82, 2.24) is 20.4 Å². The largest absolute Gasteiger partial charge is 0.356 e. The van der Waals surface area contributed by atoms with Crippen LogP contribution < -0.4 is 5.32 Å². The molecule has 3 aromatic rings. The molecule has 2 aromatic heterocycles. The van der Waals surface area contributed by atoms with Crippen LogP contribution in [0, 0.1) is 0 Å². The second kappa shape index (κ2) is 8.43. The number of thiazole rings is 1. The third-order valence-electron chi connectivity index (χ3n) is 3.96. The van der Waals surface area contributed by atoms with Crippen molar-refractivity contribution in [2.45, 2.75) is 45.4 Å². The summed E-state index contributed by atoms with van der Waals surface area (Å²) in [6.07, 6.45) is 1.60. The highest BCUT2D eigenvalue weighted by Gasteiger charge is 2.21. The Morgan fingerprint density at radius 3 is 2.63 bits per heavy atom. The molecule has 0 spiro atoms. The summed E-state index contributed by atoms with van der Waals surface area (Å²) in [4.78, 5) is 21.0. The fourth-order valence-electron chi connectivity index (χ4n) is 2.44. The molecule has 0 aliphatic carbocycles. The third-order valence-corrected chi connectivity index (χ3v) is 4.90. The molecule has 0 saturated heterocycles. The third kappa shape index (κ3) is 5.47. The lowest BCUT2D eigenvalue weighted by Crippen LogP contribution is -2.26. The molecule has 2 heterocycles. The van der Waals surface area contributed by atoms with E-state index in [9.17, 15) is 4.79 Å². The zero-order chi connectivity index (χ0) is 19.3. The first-order chi connectivity index (χ1) is 12.9. The number of nitrogens with one attached hydrogen (secondary N) is 1. The van der Waals surface area contributed by atoms with Crippen molar-refractivity contribution < 1.29 is 9.32 Å². The first-order valence-electron chi connectivity index (χ1n) is 9.01. The Morgan fingerprint density at radius 2 is 1.93 bits per heavy atom. The number of hydrogen-bond acceptors (Lipinski definition) is 6. The maximum absolute atomic E-state index is 12.0. The summed E-state index contributed by atoms with van der Waals surface area (Å²) in [5.41, 5.74) is 1.88. The van der Waals surface area contributed by atoms with Gasteiger partial charge in [0, 0.05) is 35.7 Å². The SMILES string of the molecule is CC(C)(C)c1nc(CCNC(=O)CCc2csc(-c3ccccc3)n2)no1. The minimum Gasteiger partial charge on any atom is -0.356 e. The molecule has 7 heteroatoms. The van der Waals surface area contributed by atoms with Crippen molar-refractivity contribution >= 4 is 17.2 Å². The van der Waals surface area contributed by atoms with Gasteiger partial charge in [0.2, 0.25) is 11.8 Å². The van der Waals surface area contributed by atoms with Crippen molar-refractivity contribution in [3.63, 3.8) is 0 Å². The standard InChI is InChI=1S/C20H24N4O2S/c1-20(2,3)19-23-16(24-26-19)11-12-21-17(25)10-9-15-13-27-18(22-15)14-7-5-4-6-8-14/h4-8,13H,9-12H2,1-3H3,(H,21,25). The Balaban J connectivity index is 1.41. The number of aryl methyl sites for hydroxylation is 1. The Kier molecular flexibility index (Phi) is 6.01. The van der Waals surface area contributed by atoms with Crippen molar-refractivity contribution in [2.75, 3.05) is 6.54 Å². The molecular formula is C20H24N4O2S. The molecule has 6 nitrogen and oxygen atoms in total. The van der Waals surface area contributed by atoms with Gasteiger partial charge in [0.05, 0.1) is 5.69 Å². The Morgan fingerprint density at radius 1 is 1.15 bits per heavy atom. The van der Waals surface area contributed by atoms with Crippen LogP contribution >= 0.6 is 11.3 Å². The number of aromatic nitrogens is 3. The number of benzene rings is 1. The van der Waals surface area contributed by atoms with Gasteiger partial charge in [-0.25, -0.2) is 4.98 Å². The van der Waals surface area contributed by atoms with Gasteiger partial charge in [-0.1, -0.05) is 56.3 Å². The Labute approximate surface area is 163 Å². The van der Waals surface area contributed by atoms with Crippen molar-refractivity contribution in [1.29, 1.82) is 0 Å². The first-order valence-corrected chi connectivity index (χ1v) is 9.89. The first kappa shape index (κ1) is 19.2. The van der Waals surface area contributed by atoms with Gasteiger partial charge in [0.25, 0.3) is 0 Å². The van der Waals surface area contributed by atoms with E-state index in [0.717, 1.165) is 16.3 Å². The highest BCUT2D eigenvalue weighted by atomic mass is 32.1. The van der Waals surface area contributed by atoms with Gasteiger partial charge in [-0.2, -0.15) is 4.98 Å². The van der Waals surface area contributed by atoms with E-state index in [1.165, 1.54) is 0 Å². The van der Waals surface area contributed by atoms with Crippen LogP contribution in [0.3, 0.4) is 0 Å². The number of nitrogens with zero attached hydrogens (tertiary/aromatic N) is 3. The number of amides is 1. The van der Waals surface area contributed by atoms with Crippen LogP contribution in [-0.4, -0.2) is 27.6 Å². The monoisotopic (exact) mass is 384 g/mol. The molecule has 0 bridgehead atoms. The van der Waals surface area contributed by atoms with Crippen LogP contribution in [-0.2, 0) is 23.1 Å². The minimum atomic E-state index is -0.166. The van der Waals surface area contributed by atoms with Gasteiger partial charge in [-0.3, -0.25) is 4.79 Å². The summed E-state index contributed by atoms with van der Waals surface area (Å²) in [6.45, 7) is 6.56. The predicted molar refractivity (Wildman–Crippen MR) is 106 cm³/mol. The zero-order valence-corrected chi connectivity index (χ0v) is 16.7. The second-order valence-electron chi connectivity index (χ2n) is 7.38. The minimum absolute atomic E-state index is 0.00352. The van der Waals surface area contributed by atoms with Crippen molar-refractivity contribution in [3.05, 3.63) is 53.1 Å². The molecule has 1 amide bonds. The molecule has 0 radical (unpaired) electrons. The summed E-state index contributed by atoms with van der Waals surface area (Å²) in [7, 11) is 0. The summed E-state index contributed by atoms with van der Waals surface area (Å²) < 4.78 is 5.25. The van der Waals surface area contributed by atoms with E-state index in [0.29, 0.717) is 37.5 Å². The fraction of sp³-hybridized carbons (Fsp3) is 0.400. The van der Waals surface area contributed by atoms with E-state index in [1.54, 1.807) is 11.3 Å². The van der Waals surface area contributed by atoms with Gasteiger partial charge in [0.1, 0.15) is 5.01 Å². The lowest BCUT2D eigenvalue weighted by atomic mass is 9.97. The molecular weight excluding hydrogens is 360 g/mol. The van der Waals surface area contributed by atoms with Crippen LogP contribution in [0.2, 0.25) is 0 Å². The highest BCUT2D eigenvalue weighted by Crippen LogP contribution is 2.23. The number of carbonyl (C=O) groups excluding carboxylic acids is 1. The summed E-state index contributed by atoms with van der Waals surface area (Å²) in [6, 6.07) is 10.1. The lowest BCUT2D eigenvalue weighted by molar-refractivity contribution is -0.121. The fourth-order valence-corrected chi connectivity index (χ4v) is 3.30. The summed E-state index contributed by atoms with van der Waals surface area (Å²) in [5, 5.41) is 9.86. The van der Waals surface area contributed by atoms with Crippen molar-refractivity contribution in [2.24, 2.45) is 0 Å². The molecule has 0 unspecified atom stereocenters. The molecule has 0 atom stereocenters. The molecule has 3 rings (SSSR count). The summed E-state index contributed by atoms with van der Waals surface area (Å²) in [5.74, 6) is 1.23. The van der Waals surface area contributed by atoms with E-state index in [-0.39, 0.29) is 11.3 Å². The maximum Gasteiger partial charge on any atom is 0.232 e. The predicted octanol–water partition coefficient (Wildman–Crippen LogP) is 3.78. The van der Waals surface area contributed by atoms with Crippen LogP contribution in [0.4, 0.5) is 0 Å². The van der Waals surface area contributed by atoms with Gasteiger partial charge in [-0.15, -0.1) is 11.3 Å². The van der Waals surface area contributed by atoms with Gasteiger partial charge < -0.3 is 9.84 Å². The quantitative estimate of drug-likeness (QED) is 0.670. The van der Waals surface area contributed by atoms with E-state index in [4.69, 9.17) is 4.52 Å². The molecule has 27 heavy (non-hydrogen) atoms. The van der Waals surface area contributed by atoms with Crippen LogP contribution in [0.5, 0.6) is 0 Å². The molecule has 0 fully saturated rings. The van der Waals surface area contributed by atoms with Crippen molar-refractivity contribution in [3.8, 4) is 10.6 Å². The van der Waals surface area contributed by atoms with Gasteiger partial charge in [-0.05, 0) is 6.42 Å². The highest BCUT2D eigenvalue weighted by molar-refractivity contribution is 7.13. The molecule has 142 valence electrons. The maximum atomic E-state index is 12.0. The Bertz CT molecular complexity index is 881. The topological polar surface area (TPSA) is 80.9 Å². The summed E-state index contributed by atoms with van der Waals surface area (Å²) >= 11 is 1.60. The number of rotatable bonds is 7. The van der Waals surface area contributed by atoms with E-state index >= 15 is 0 Å². The molecule has 1 aromatic carbocycles. The number of carbonyl (C=O) groups is 1. The van der Waals surface area contributed by atoms with Crippen LogP contribution in [0.15, 0.2) is 40.2 Å². The van der Waals surface area contributed by atoms with Gasteiger partial charge in [0.15, 0.2) is 5.82 Å². The molecule has 1 N–H and O–H groups in total.